The van der Waals surface area contributed by atoms with Gasteiger partial charge in [-0.1, -0.05) is 19.1 Å². The maximum Gasteiger partial charge on any atom is 0.143 e. The number of hydrogen-bond acceptors (Lipinski definition) is 1. The molecule has 1 saturated carbocycles. The molecule has 0 aromatic heterocycles. The molecule has 10 heavy (non-hydrogen) atoms. The van der Waals surface area contributed by atoms with Crippen molar-refractivity contribution in [3.05, 3.63) is 12.2 Å². The van der Waals surface area contributed by atoms with Crippen molar-refractivity contribution < 1.29 is 4.79 Å². The van der Waals surface area contributed by atoms with Crippen LogP contribution in [0.4, 0.5) is 0 Å². The summed E-state index contributed by atoms with van der Waals surface area (Å²) in [5.41, 5.74) is 0. The highest BCUT2D eigenvalue weighted by Crippen LogP contribution is 2.37. The van der Waals surface area contributed by atoms with E-state index in [4.69, 9.17) is 0 Å². The molecule has 0 radical (unpaired) electrons. The second-order valence-corrected chi connectivity index (χ2v) is 3.42. The molecule has 2 bridgehead atoms. The number of allylic oxidation sites excluding steroid dienone is 2. The summed E-state index contributed by atoms with van der Waals surface area (Å²) in [6.07, 6.45) is 6.65. The minimum absolute atomic E-state index is 0.278. The predicted molar refractivity (Wildman–Crippen MR) is 39.5 cm³/mol. The summed E-state index contributed by atoms with van der Waals surface area (Å²) < 4.78 is 0. The molecule has 0 heterocycles. The van der Waals surface area contributed by atoms with Crippen LogP contribution < -0.4 is 0 Å². The average molecular weight is 136 g/mol. The average Bonchev–Trinajstić information content (AvgIpc) is 2.00. The zero-order chi connectivity index (χ0) is 7.14. The lowest BCUT2D eigenvalue weighted by molar-refractivity contribution is -0.129. The standard InChI is InChI=1S/C9H12O/c1-6-7-2-4-8(5-3-7)9(6)10/h2,4,6-8H,3,5H2,1H3/t6-,7+,8-/m1/s1. The Hall–Kier alpha value is -0.590. The lowest BCUT2D eigenvalue weighted by Gasteiger charge is -2.34. The van der Waals surface area contributed by atoms with Crippen LogP contribution in [0.15, 0.2) is 12.2 Å². The van der Waals surface area contributed by atoms with Crippen molar-refractivity contribution in [2.24, 2.45) is 17.8 Å². The summed E-state index contributed by atoms with van der Waals surface area (Å²) in [5.74, 6) is 1.62. The van der Waals surface area contributed by atoms with Crippen LogP contribution in [-0.4, -0.2) is 5.78 Å². The maximum atomic E-state index is 11.3. The minimum Gasteiger partial charge on any atom is -0.299 e. The van der Waals surface area contributed by atoms with Crippen LogP contribution in [-0.2, 0) is 4.79 Å². The topological polar surface area (TPSA) is 17.1 Å². The molecule has 3 atom stereocenters. The Labute approximate surface area is 61.1 Å². The van der Waals surface area contributed by atoms with E-state index >= 15 is 0 Å². The lowest BCUT2D eigenvalue weighted by Crippen LogP contribution is -2.35. The predicted octanol–water partition coefficient (Wildman–Crippen LogP) is 1.79. The third-order valence-corrected chi connectivity index (χ3v) is 2.86. The Kier molecular flexibility index (Phi) is 1.19. The first-order valence-electron chi connectivity index (χ1n) is 4.01. The molecule has 54 valence electrons. The van der Waals surface area contributed by atoms with Gasteiger partial charge >= 0.3 is 0 Å². The Morgan fingerprint density at radius 1 is 1.40 bits per heavy atom. The third-order valence-electron chi connectivity index (χ3n) is 2.86. The summed E-state index contributed by atoms with van der Waals surface area (Å²) in [4.78, 5) is 11.3. The van der Waals surface area contributed by atoms with Gasteiger partial charge < -0.3 is 0 Å². The van der Waals surface area contributed by atoms with Gasteiger partial charge in [-0.05, 0) is 18.8 Å². The van der Waals surface area contributed by atoms with E-state index < -0.39 is 0 Å². The molecule has 1 fully saturated rings. The largest absolute Gasteiger partial charge is 0.299 e. The summed E-state index contributed by atoms with van der Waals surface area (Å²) in [6, 6.07) is 0. The van der Waals surface area contributed by atoms with Gasteiger partial charge in [0.1, 0.15) is 5.78 Å². The first-order valence-corrected chi connectivity index (χ1v) is 4.01. The number of carbonyl (C=O) groups excluding carboxylic acids is 1. The fourth-order valence-electron chi connectivity index (χ4n) is 2.04. The van der Waals surface area contributed by atoms with Crippen LogP contribution in [0.25, 0.3) is 0 Å². The molecule has 0 saturated heterocycles. The Morgan fingerprint density at radius 3 is 2.50 bits per heavy atom. The van der Waals surface area contributed by atoms with Crippen molar-refractivity contribution in [2.45, 2.75) is 19.8 Å². The van der Waals surface area contributed by atoms with Crippen molar-refractivity contribution in [1.29, 1.82) is 0 Å². The molecule has 1 heteroatoms. The molecule has 3 rings (SSSR count). The first-order chi connectivity index (χ1) is 4.79. The van der Waals surface area contributed by atoms with Crippen molar-refractivity contribution in [1.82, 2.24) is 0 Å². The van der Waals surface area contributed by atoms with Gasteiger partial charge in [-0.25, -0.2) is 0 Å². The molecule has 3 aliphatic rings. The van der Waals surface area contributed by atoms with Gasteiger partial charge in [0, 0.05) is 11.8 Å². The molecular formula is C9H12O. The second-order valence-electron chi connectivity index (χ2n) is 3.42. The lowest BCUT2D eigenvalue weighted by atomic mass is 9.69. The van der Waals surface area contributed by atoms with E-state index in [1.807, 2.05) is 0 Å². The van der Waals surface area contributed by atoms with Gasteiger partial charge in [0.2, 0.25) is 0 Å². The van der Waals surface area contributed by atoms with Gasteiger partial charge in [0.15, 0.2) is 0 Å². The molecule has 0 aromatic carbocycles. The number of hydrogen-bond donors (Lipinski definition) is 0. The Bertz CT molecular complexity index is 193. The van der Waals surface area contributed by atoms with Gasteiger partial charge in [0.25, 0.3) is 0 Å². The minimum atomic E-state index is 0.278. The molecule has 0 spiro atoms. The smallest absolute Gasteiger partial charge is 0.143 e. The summed E-state index contributed by atoms with van der Waals surface area (Å²) >= 11 is 0. The van der Waals surface area contributed by atoms with E-state index in [0.29, 0.717) is 17.6 Å². The van der Waals surface area contributed by atoms with Crippen molar-refractivity contribution in [2.75, 3.05) is 0 Å². The van der Waals surface area contributed by atoms with Crippen molar-refractivity contribution in [3.8, 4) is 0 Å². The first kappa shape index (κ1) is 6.14. The third kappa shape index (κ3) is 0.664. The van der Waals surface area contributed by atoms with Gasteiger partial charge in [-0.3, -0.25) is 4.79 Å². The van der Waals surface area contributed by atoms with Crippen LogP contribution in [0, 0.1) is 17.8 Å². The molecular weight excluding hydrogens is 124 g/mol. The van der Waals surface area contributed by atoms with E-state index in [2.05, 4.69) is 19.1 Å². The number of rotatable bonds is 0. The van der Waals surface area contributed by atoms with Crippen LogP contribution in [0.5, 0.6) is 0 Å². The summed E-state index contributed by atoms with van der Waals surface area (Å²) in [5, 5.41) is 0. The Morgan fingerprint density at radius 2 is 2.20 bits per heavy atom. The highest BCUT2D eigenvalue weighted by atomic mass is 16.1. The van der Waals surface area contributed by atoms with E-state index in [-0.39, 0.29) is 5.92 Å². The highest BCUT2D eigenvalue weighted by molar-refractivity contribution is 5.87. The normalized spacial score (nSPS) is 44.5. The van der Waals surface area contributed by atoms with E-state index in [0.717, 1.165) is 6.42 Å². The molecule has 0 N–H and O–H groups in total. The second kappa shape index (κ2) is 1.94. The van der Waals surface area contributed by atoms with Gasteiger partial charge in [-0.2, -0.15) is 0 Å². The molecule has 3 aliphatic carbocycles. The molecule has 0 amide bonds. The van der Waals surface area contributed by atoms with Crippen LogP contribution in [0.2, 0.25) is 0 Å². The fraction of sp³-hybridized carbons (Fsp3) is 0.667. The quantitative estimate of drug-likeness (QED) is 0.464. The number of ketones is 1. The molecule has 0 unspecified atom stereocenters. The van der Waals surface area contributed by atoms with E-state index in [1.54, 1.807) is 0 Å². The molecule has 0 aromatic rings. The Balaban J connectivity index is 2.33. The van der Waals surface area contributed by atoms with Crippen LogP contribution in [0.1, 0.15) is 19.8 Å². The van der Waals surface area contributed by atoms with Gasteiger partial charge in [-0.15, -0.1) is 0 Å². The maximum absolute atomic E-state index is 11.3. The monoisotopic (exact) mass is 136 g/mol. The van der Waals surface area contributed by atoms with E-state index in [1.165, 1.54) is 6.42 Å². The zero-order valence-corrected chi connectivity index (χ0v) is 6.21. The van der Waals surface area contributed by atoms with E-state index in [9.17, 15) is 4.79 Å². The molecule has 0 aliphatic heterocycles. The SMILES string of the molecule is C[C@H]1C(=O)[C@@H]2C=C[C@H]1CC2. The van der Waals surface area contributed by atoms with Crippen molar-refractivity contribution >= 4 is 5.78 Å². The summed E-state index contributed by atoms with van der Waals surface area (Å²) in [7, 11) is 0. The number of Topliss-reactive ketones (excluding diaryl/α,β-unsaturated/α-hetero) is 1. The van der Waals surface area contributed by atoms with Crippen LogP contribution >= 0.6 is 0 Å². The van der Waals surface area contributed by atoms with Gasteiger partial charge in [0.05, 0.1) is 0 Å². The summed E-state index contributed by atoms with van der Waals surface area (Å²) in [6.45, 7) is 2.06. The van der Waals surface area contributed by atoms with Crippen LogP contribution in [0.3, 0.4) is 0 Å². The number of fused-ring (bicyclic) bond motifs is 2. The van der Waals surface area contributed by atoms with Crippen molar-refractivity contribution in [3.63, 3.8) is 0 Å². The zero-order valence-electron chi connectivity index (χ0n) is 6.21. The number of carbonyl (C=O) groups is 1. The fourth-order valence-corrected chi connectivity index (χ4v) is 2.04. The highest BCUT2D eigenvalue weighted by Gasteiger charge is 2.35. The molecule has 1 nitrogen and oxygen atoms in total.